The second-order valence-corrected chi connectivity index (χ2v) is 6.67. The van der Waals surface area contributed by atoms with Crippen molar-refractivity contribution in [2.24, 2.45) is 11.3 Å². The summed E-state index contributed by atoms with van der Waals surface area (Å²) in [5.41, 5.74) is 0.593. The molecule has 23 heavy (non-hydrogen) atoms. The van der Waals surface area contributed by atoms with Crippen LogP contribution in [-0.4, -0.2) is 49.4 Å². The van der Waals surface area contributed by atoms with E-state index in [4.69, 9.17) is 9.47 Å². The van der Waals surface area contributed by atoms with Crippen molar-refractivity contribution in [3.63, 3.8) is 0 Å². The van der Waals surface area contributed by atoms with E-state index in [0.29, 0.717) is 25.7 Å². The average Bonchev–Trinajstić information content (AvgIpc) is 3.07. The van der Waals surface area contributed by atoms with Gasteiger partial charge in [0.15, 0.2) is 0 Å². The van der Waals surface area contributed by atoms with Crippen LogP contribution in [0.1, 0.15) is 24.8 Å². The number of ether oxygens (including phenoxy) is 2. The van der Waals surface area contributed by atoms with Gasteiger partial charge in [-0.25, -0.2) is 0 Å². The minimum absolute atomic E-state index is 0.293. The lowest BCUT2D eigenvalue weighted by Gasteiger charge is -2.24. The second-order valence-electron chi connectivity index (χ2n) is 6.67. The largest absolute Gasteiger partial charge is 0.491 e. The molecule has 2 atom stereocenters. The Labute approximate surface area is 137 Å². The van der Waals surface area contributed by atoms with Gasteiger partial charge in [0.2, 0.25) is 0 Å². The van der Waals surface area contributed by atoms with Gasteiger partial charge >= 0.3 is 5.97 Å². The highest BCUT2D eigenvalue weighted by Gasteiger charge is 2.54. The Bertz CT molecular complexity index is 562. The highest BCUT2D eigenvalue weighted by Crippen LogP contribution is 2.49. The number of para-hydroxylation sites is 1. The Balaban J connectivity index is 1.68. The zero-order chi connectivity index (χ0) is 16.3. The van der Waals surface area contributed by atoms with Crippen LogP contribution in [0.15, 0.2) is 24.3 Å². The number of carbonyl (C=O) groups is 1. The zero-order valence-electron chi connectivity index (χ0n) is 13.7. The monoisotopic (exact) mass is 319 g/mol. The smallest absolute Gasteiger partial charge is 0.311 e. The summed E-state index contributed by atoms with van der Waals surface area (Å²) in [6.07, 6.45) is 2.89. The first-order valence-corrected chi connectivity index (χ1v) is 8.31. The molecule has 5 heteroatoms. The van der Waals surface area contributed by atoms with Crippen molar-refractivity contribution in [1.29, 1.82) is 0 Å². The predicted molar refractivity (Wildman–Crippen MR) is 86.5 cm³/mol. The van der Waals surface area contributed by atoms with E-state index in [1.807, 2.05) is 18.2 Å². The fourth-order valence-electron chi connectivity index (χ4n) is 4.11. The Kier molecular flexibility index (Phi) is 4.87. The molecule has 126 valence electrons. The van der Waals surface area contributed by atoms with Crippen molar-refractivity contribution in [2.45, 2.75) is 25.8 Å². The van der Waals surface area contributed by atoms with Crippen molar-refractivity contribution in [3.8, 4) is 5.75 Å². The lowest BCUT2D eigenvalue weighted by Crippen LogP contribution is -2.35. The fourth-order valence-corrected chi connectivity index (χ4v) is 4.11. The van der Waals surface area contributed by atoms with E-state index >= 15 is 0 Å². The molecule has 1 aromatic carbocycles. The van der Waals surface area contributed by atoms with Gasteiger partial charge in [0.25, 0.3) is 0 Å². The number of likely N-dealkylation sites (tertiary alicyclic amines) is 1. The van der Waals surface area contributed by atoms with E-state index in [9.17, 15) is 9.90 Å². The molecule has 1 saturated heterocycles. The quantitative estimate of drug-likeness (QED) is 0.782. The highest BCUT2D eigenvalue weighted by molar-refractivity contribution is 5.76. The van der Waals surface area contributed by atoms with Crippen LogP contribution in [0.2, 0.25) is 0 Å². The first-order valence-electron chi connectivity index (χ1n) is 8.31. The summed E-state index contributed by atoms with van der Waals surface area (Å²) in [6, 6.07) is 7.99. The van der Waals surface area contributed by atoms with Gasteiger partial charge in [-0.05, 0) is 24.8 Å². The molecule has 5 nitrogen and oxygen atoms in total. The standard InChI is InChI=1S/C18H25NO4/c1-22-9-10-23-16-7-3-2-5-14(16)11-19-12-15-6-4-8-18(15,13-19)17(20)21/h2-3,5,7,15H,4,6,8-13H2,1H3,(H,20,21)/t15-,18+/m0/s1. The molecule has 2 fully saturated rings. The topological polar surface area (TPSA) is 59.0 Å². The number of carboxylic acids is 1. The van der Waals surface area contributed by atoms with E-state index < -0.39 is 11.4 Å². The minimum Gasteiger partial charge on any atom is -0.491 e. The SMILES string of the molecule is COCCOc1ccccc1CN1C[C@@H]2CCC[C@@]2(C(=O)O)C1. The van der Waals surface area contributed by atoms with Gasteiger partial charge in [0.05, 0.1) is 12.0 Å². The normalized spacial score (nSPS) is 27.1. The number of rotatable bonds is 7. The van der Waals surface area contributed by atoms with Crippen LogP contribution in [0.5, 0.6) is 5.75 Å². The first kappa shape index (κ1) is 16.3. The second kappa shape index (κ2) is 6.89. The van der Waals surface area contributed by atoms with Gasteiger partial charge in [-0.1, -0.05) is 24.6 Å². The molecular formula is C18H25NO4. The molecule has 1 aliphatic carbocycles. The molecule has 1 aromatic rings. The zero-order valence-corrected chi connectivity index (χ0v) is 13.7. The van der Waals surface area contributed by atoms with E-state index in [0.717, 1.165) is 43.7 Å². The van der Waals surface area contributed by atoms with Crippen LogP contribution in [-0.2, 0) is 16.1 Å². The van der Waals surface area contributed by atoms with Crippen LogP contribution in [0.3, 0.4) is 0 Å². The van der Waals surface area contributed by atoms with Gasteiger partial charge in [-0.3, -0.25) is 9.69 Å². The van der Waals surface area contributed by atoms with Crippen molar-refractivity contribution in [1.82, 2.24) is 4.90 Å². The van der Waals surface area contributed by atoms with Crippen molar-refractivity contribution in [2.75, 3.05) is 33.4 Å². The summed E-state index contributed by atoms with van der Waals surface area (Å²) in [4.78, 5) is 14.1. The van der Waals surface area contributed by atoms with Crippen molar-refractivity contribution < 1.29 is 19.4 Å². The molecule has 0 radical (unpaired) electrons. The van der Waals surface area contributed by atoms with E-state index in [1.54, 1.807) is 7.11 Å². The van der Waals surface area contributed by atoms with E-state index in [-0.39, 0.29) is 0 Å². The average molecular weight is 319 g/mol. The Morgan fingerprint density at radius 2 is 2.22 bits per heavy atom. The first-order chi connectivity index (χ1) is 11.2. The van der Waals surface area contributed by atoms with Gasteiger partial charge in [0, 0.05) is 32.3 Å². The summed E-state index contributed by atoms with van der Waals surface area (Å²) in [5.74, 6) is 0.541. The third-order valence-corrected chi connectivity index (χ3v) is 5.28. The fraction of sp³-hybridized carbons (Fsp3) is 0.611. The summed E-state index contributed by atoms with van der Waals surface area (Å²) >= 11 is 0. The van der Waals surface area contributed by atoms with Gasteiger partial charge in [-0.15, -0.1) is 0 Å². The van der Waals surface area contributed by atoms with E-state index in [1.165, 1.54) is 0 Å². The maximum Gasteiger partial charge on any atom is 0.311 e. The Morgan fingerprint density at radius 1 is 1.39 bits per heavy atom. The predicted octanol–water partition coefficient (Wildman–Crippen LogP) is 2.40. The van der Waals surface area contributed by atoms with Crippen LogP contribution in [0.4, 0.5) is 0 Å². The molecule has 0 amide bonds. The lowest BCUT2D eigenvalue weighted by molar-refractivity contribution is -0.149. The number of benzene rings is 1. The van der Waals surface area contributed by atoms with Gasteiger partial charge < -0.3 is 14.6 Å². The Hall–Kier alpha value is -1.59. The summed E-state index contributed by atoms with van der Waals surface area (Å²) in [5, 5.41) is 9.69. The van der Waals surface area contributed by atoms with Crippen LogP contribution < -0.4 is 4.74 Å². The molecule has 3 rings (SSSR count). The molecule has 1 saturated carbocycles. The molecule has 1 heterocycles. The maximum absolute atomic E-state index is 11.8. The number of nitrogens with zero attached hydrogens (tertiary/aromatic N) is 1. The van der Waals surface area contributed by atoms with Crippen LogP contribution in [0.25, 0.3) is 0 Å². The summed E-state index contributed by atoms with van der Waals surface area (Å²) in [7, 11) is 1.66. The molecule has 0 bridgehead atoms. The third-order valence-electron chi connectivity index (χ3n) is 5.28. The molecule has 1 aliphatic heterocycles. The number of hydrogen-bond acceptors (Lipinski definition) is 4. The van der Waals surface area contributed by atoms with Crippen molar-refractivity contribution >= 4 is 5.97 Å². The number of methoxy groups -OCH3 is 1. The Morgan fingerprint density at radius 3 is 2.96 bits per heavy atom. The third kappa shape index (κ3) is 3.21. The number of aliphatic carboxylic acids is 1. The molecule has 1 N–H and O–H groups in total. The maximum atomic E-state index is 11.8. The lowest BCUT2D eigenvalue weighted by atomic mass is 9.81. The molecule has 2 aliphatic rings. The number of carboxylic acid groups (broad SMARTS) is 1. The van der Waals surface area contributed by atoms with Gasteiger partial charge in [-0.2, -0.15) is 0 Å². The van der Waals surface area contributed by atoms with Crippen LogP contribution in [0, 0.1) is 11.3 Å². The summed E-state index contributed by atoms with van der Waals surface area (Å²) < 4.78 is 10.8. The van der Waals surface area contributed by atoms with Gasteiger partial charge in [0.1, 0.15) is 12.4 Å². The molecule has 0 aromatic heterocycles. The summed E-state index contributed by atoms with van der Waals surface area (Å²) in [6.45, 7) is 3.35. The molecule has 0 spiro atoms. The molecule has 0 unspecified atom stereocenters. The van der Waals surface area contributed by atoms with E-state index in [2.05, 4.69) is 11.0 Å². The van der Waals surface area contributed by atoms with Crippen molar-refractivity contribution in [3.05, 3.63) is 29.8 Å². The number of fused-ring (bicyclic) bond motifs is 1. The highest BCUT2D eigenvalue weighted by atomic mass is 16.5. The number of hydrogen-bond donors (Lipinski definition) is 1. The minimum atomic E-state index is -0.618. The van der Waals surface area contributed by atoms with Crippen LogP contribution >= 0.6 is 0 Å². The molecular weight excluding hydrogens is 294 g/mol.